The van der Waals surface area contributed by atoms with E-state index in [1.165, 1.54) is 19.3 Å². The number of rotatable bonds is 13. The zero-order valence-electron chi connectivity index (χ0n) is 24.1. The van der Waals surface area contributed by atoms with Crippen LogP contribution < -0.4 is 15.0 Å². The summed E-state index contributed by atoms with van der Waals surface area (Å²) in [5.41, 5.74) is 1.25. The molecule has 2 fully saturated rings. The number of nitrogens with zero attached hydrogens (tertiary/aromatic N) is 3. The minimum Gasteiger partial charge on any atom is -0.496 e. The van der Waals surface area contributed by atoms with Crippen molar-refractivity contribution in [1.82, 2.24) is 15.1 Å². The summed E-state index contributed by atoms with van der Waals surface area (Å²) >= 11 is 0. The first-order valence-corrected chi connectivity index (χ1v) is 14.8. The summed E-state index contributed by atoms with van der Waals surface area (Å²) in [7, 11) is 1.64. The number of carbonyl (C=O) groups is 3. The predicted octanol–water partition coefficient (Wildman–Crippen LogP) is 4.38. The summed E-state index contributed by atoms with van der Waals surface area (Å²) < 4.78 is 5.40. The molecule has 2 saturated heterocycles. The maximum Gasteiger partial charge on any atom is 0.250 e. The van der Waals surface area contributed by atoms with Crippen LogP contribution in [0.5, 0.6) is 5.75 Å². The van der Waals surface area contributed by atoms with Crippen LogP contribution in [0.2, 0.25) is 0 Å². The van der Waals surface area contributed by atoms with Gasteiger partial charge in [0.25, 0.3) is 5.91 Å². The number of piperidine rings is 1. The Balaban J connectivity index is 1.36. The van der Waals surface area contributed by atoms with Crippen LogP contribution in [0.15, 0.2) is 54.6 Å². The van der Waals surface area contributed by atoms with Crippen molar-refractivity contribution in [3.05, 3.63) is 60.2 Å². The Kier molecular flexibility index (Phi) is 10.4. The van der Waals surface area contributed by atoms with Crippen molar-refractivity contribution in [2.24, 2.45) is 0 Å². The van der Waals surface area contributed by atoms with Gasteiger partial charge < -0.3 is 24.8 Å². The van der Waals surface area contributed by atoms with Crippen LogP contribution in [0.1, 0.15) is 63.9 Å². The number of unbranched alkanes of at least 4 members (excludes halogenated alkanes) is 4. The van der Waals surface area contributed by atoms with Crippen molar-refractivity contribution in [2.75, 3.05) is 44.9 Å². The smallest absolute Gasteiger partial charge is 0.250 e. The van der Waals surface area contributed by atoms with Crippen molar-refractivity contribution < 1.29 is 19.1 Å². The minimum absolute atomic E-state index is 0.0102. The molecule has 216 valence electrons. The number of benzene rings is 2. The van der Waals surface area contributed by atoms with E-state index in [0.29, 0.717) is 52.0 Å². The van der Waals surface area contributed by atoms with Crippen LogP contribution in [0, 0.1) is 0 Å². The van der Waals surface area contributed by atoms with Gasteiger partial charge in [-0.2, -0.15) is 0 Å². The fourth-order valence-electron chi connectivity index (χ4n) is 5.96. The highest BCUT2D eigenvalue weighted by molar-refractivity contribution is 5.96. The van der Waals surface area contributed by atoms with Gasteiger partial charge in [-0.1, -0.05) is 69.0 Å². The Hall–Kier alpha value is -3.55. The number of methoxy groups -OCH3 is 1. The first-order valence-electron chi connectivity index (χ1n) is 14.8. The van der Waals surface area contributed by atoms with Gasteiger partial charge in [0.1, 0.15) is 17.8 Å². The van der Waals surface area contributed by atoms with Gasteiger partial charge in [0, 0.05) is 31.7 Å². The lowest BCUT2D eigenvalue weighted by molar-refractivity contribution is -0.140. The van der Waals surface area contributed by atoms with Gasteiger partial charge in [-0.3, -0.25) is 14.4 Å². The Bertz CT molecular complexity index is 1130. The highest BCUT2D eigenvalue weighted by Gasteiger charge is 2.54. The molecule has 1 N–H and O–H groups in total. The fraction of sp³-hybridized carbons (Fsp3) is 0.531. The number of likely N-dealkylation sites (tertiary alicyclic amines) is 1. The van der Waals surface area contributed by atoms with Gasteiger partial charge in [-0.05, 0) is 49.4 Å². The molecular formula is C32H44N4O4. The SMILES string of the molecule is CCCCCCCC(=O)N1CCC2(CC1)C(=O)N(CC(=O)NCCc1ccccc1OC)CN2c1ccccc1. The van der Waals surface area contributed by atoms with Gasteiger partial charge >= 0.3 is 0 Å². The molecule has 0 unspecified atom stereocenters. The average molecular weight is 549 g/mol. The van der Waals surface area contributed by atoms with E-state index in [2.05, 4.69) is 17.1 Å². The maximum absolute atomic E-state index is 13.9. The van der Waals surface area contributed by atoms with Crippen LogP contribution in [-0.4, -0.2) is 73.0 Å². The highest BCUT2D eigenvalue weighted by atomic mass is 16.5. The number of para-hydroxylation sites is 2. The average Bonchev–Trinajstić information content (AvgIpc) is 3.24. The van der Waals surface area contributed by atoms with Crippen molar-refractivity contribution in [3.8, 4) is 5.75 Å². The van der Waals surface area contributed by atoms with E-state index in [-0.39, 0.29) is 24.3 Å². The van der Waals surface area contributed by atoms with Gasteiger partial charge in [0.05, 0.1) is 13.8 Å². The number of carbonyl (C=O) groups excluding carboxylic acids is 3. The Morgan fingerprint density at radius 3 is 2.38 bits per heavy atom. The van der Waals surface area contributed by atoms with Crippen molar-refractivity contribution in [1.29, 1.82) is 0 Å². The lowest BCUT2D eigenvalue weighted by Crippen LogP contribution is -2.57. The fourth-order valence-corrected chi connectivity index (χ4v) is 5.96. The second kappa shape index (κ2) is 14.2. The van der Waals surface area contributed by atoms with E-state index >= 15 is 0 Å². The molecule has 8 nitrogen and oxygen atoms in total. The molecule has 2 aliphatic rings. The van der Waals surface area contributed by atoms with Crippen LogP contribution in [0.4, 0.5) is 5.69 Å². The number of nitrogens with one attached hydrogen (secondary N) is 1. The zero-order valence-corrected chi connectivity index (χ0v) is 24.1. The van der Waals surface area contributed by atoms with E-state index in [9.17, 15) is 14.4 Å². The molecule has 0 radical (unpaired) electrons. The molecular weight excluding hydrogens is 504 g/mol. The topological polar surface area (TPSA) is 82.2 Å². The van der Waals surface area contributed by atoms with Crippen LogP contribution in [-0.2, 0) is 20.8 Å². The van der Waals surface area contributed by atoms with Crippen molar-refractivity contribution in [2.45, 2.75) is 70.3 Å². The molecule has 0 atom stereocenters. The van der Waals surface area contributed by atoms with Gasteiger partial charge in [-0.25, -0.2) is 0 Å². The molecule has 2 aromatic rings. The summed E-state index contributed by atoms with van der Waals surface area (Å²) in [6, 6.07) is 17.7. The second-order valence-electron chi connectivity index (χ2n) is 10.9. The van der Waals surface area contributed by atoms with E-state index in [1.54, 1.807) is 12.0 Å². The molecule has 3 amide bonds. The zero-order chi connectivity index (χ0) is 28.4. The third kappa shape index (κ3) is 6.95. The van der Waals surface area contributed by atoms with Crippen LogP contribution in [0.3, 0.4) is 0 Å². The lowest BCUT2D eigenvalue weighted by Gasteiger charge is -2.43. The Labute approximate surface area is 238 Å². The summed E-state index contributed by atoms with van der Waals surface area (Å²) in [4.78, 5) is 45.4. The van der Waals surface area contributed by atoms with E-state index < -0.39 is 5.54 Å². The number of ether oxygens (including phenoxy) is 1. The molecule has 0 bridgehead atoms. The van der Waals surface area contributed by atoms with Gasteiger partial charge in [0.15, 0.2) is 0 Å². The quantitative estimate of drug-likeness (QED) is 0.376. The Morgan fingerprint density at radius 1 is 0.950 bits per heavy atom. The van der Waals surface area contributed by atoms with E-state index in [0.717, 1.165) is 29.8 Å². The molecule has 0 saturated carbocycles. The molecule has 0 aromatic heterocycles. The molecule has 0 aliphatic carbocycles. The highest BCUT2D eigenvalue weighted by Crippen LogP contribution is 2.39. The predicted molar refractivity (Wildman–Crippen MR) is 157 cm³/mol. The third-order valence-corrected chi connectivity index (χ3v) is 8.26. The summed E-state index contributed by atoms with van der Waals surface area (Å²) in [5.74, 6) is 0.787. The van der Waals surface area contributed by atoms with E-state index in [1.807, 2.05) is 59.5 Å². The summed E-state index contributed by atoms with van der Waals surface area (Å²) in [6.07, 6.45) is 7.95. The number of anilines is 1. The summed E-state index contributed by atoms with van der Waals surface area (Å²) in [5, 5.41) is 2.97. The number of hydrogen-bond donors (Lipinski definition) is 1. The standard InChI is InChI=1S/C32H44N4O4/c1-3-4-5-6-10-17-30(38)34-22-19-32(20-23-34)31(39)35(25-36(32)27-14-8-7-9-15-27)24-29(37)33-21-18-26-13-11-12-16-28(26)40-2/h7-9,11-16H,3-6,10,17-25H2,1-2H3,(H,33,37). The molecule has 40 heavy (non-hydrogen) atoms. The number of hydrogen-bond acceptors (Lipinski definition) is 5. The van der Waals surface area contributed by atoms with Crippen molar-refractivity contribution >= 4 is 23.4 Å². The van der Waals surface area contributed by atoms with Crippen molar-refractivity contribution in [3.63, 3.8) is 0 Å². The van der Waals surface area contributed by atoms with Gasteiger partial charge in [0.2, 0.25) is 11.8 Å². The molecule has 2 aliphatic heterocycles. The minimum atomic E-state index is -0.739. The number of amides is 3. The Morgan fingerprint density at radius 2 is 1.65 bits per heavy atom. The molecule has 1 spiro atoms. The van der Waals surface area contributed by atoms with Gasteiger partial charge in [-0.15, -0.1) is 0 Å². The monoisotopic (exact) mass is 548 g/mol. The first kappa shape index (κ1) is 29.4. The van der Waals surface area contributed by atoms with Crippen LogP contribution >= 0.6 is 0 Å². The lowest BCUT2D eigenvalue weighted by atomic mass is 9.85. The largest absolute Gasteiger partial charge is 0.496 e. The van der Waals surface area contributed by atoms with Crippen LogP contribution in [0.25, 0.3) is 0 Å². The second-order valence-corrected chi connectivity index (χ2v) is 10.9. The molecule has 4 rings (SSSR count). The molecule has 2 aromatic carbocycles. The third-order valence-electron chi connectivity index (χ3n) is 8.26. The van der Waals surface area contributed by atoms with E-state index in [4.69, 9.17) is 4.74 Å². The summed E-state index contributed by atoms with van der Waals surface area (Å²) in [6.45, 7) is 4.13. The molecule has 2 heterocycles. The maximum atomic E-state index is 13.9. The normalized spacial score (nSPS) is 16.4. The first-order chi connectivity index (χ1) is 19.5. The molecule has 8 heteroatoms.